The molecule has 0 fully saturated rings. The molecule has 20 heavy (non-hydrogen) atoms. The van der Waals surface area contributed by atoms with Gasteiger partial charge in [-0.25, -0.2) is 4.68 Å². The third-order valence-corrected chi connectivity index (χ3v) is 3.95. The highest BCUT2D eigenvalue weighted by molar-refractivity contribution is 5.40. The van der Waals surface area contributed by atoms with Crippen molar-refractivity contribution in [1.29, 1.82) is 0 Å². The first kappa shape index (κ1) is 14.7. The molecule has 2 aromatic rings. The van der Waals surface area contributed by atoms with E-state index < -0.39 is 0 Å². The van der Waals surface area contributed by atoms with E-state index in [4.69, 9.17) is 0 Å². The van der Waals surface area contributed by atoms with Crippen LogP contribution in [0.4, 0.5) is 0 Å². The molecule has 0 amide bonds. The van der Waals surface area contributed by atoms with Crippen molar-refractivity contribution in [2.45, 2.75) is 46.6 Å². The lowest BCUT2D eigenvalue weighted by Crippen LogP contribution is -2.17. The van der Waals surface area contributed by atoms with Crippen LogP contribution >= 0.6 is 0 Å². The molecule has 0 bridgehead atoms. The van der Waals surface area contributed by atoms with Gasteiger partial charge in [-0.15, -0.1) is 5.10 Å². The quantitative estimate of drug-likeness (QED) is 0.909. The largest absolute Gasteiger partial charge is 0.312 e. The highest BCUT2D eigenvalue weighted by atomic mass is 15.4. The Morgan fingerprint density at radius 2 is 1.95 bits per heavy atom. The Morgan fingerprint density at radius 3 is 2.50 bits per heavy atom. The van der Waals surface area contributed by atoms with E-state index in [-0.39, 0.29) is 6.04 Å². The Bertz CT molecular complexity index is 582. The fourth-order valence-corrected chi connectivity index (χ4v) is 2.51. The zero-order valence-electron chi connectivity index (χ0n) is 13.1. The van der Waals surface area contributed by atoms with E-state index in [1.807, 2.05) is 11.7 Å². The van der Waals surface area contributed by atoms with Crippen molar-refractivity contribution in [2.75, 3.05) is 7.05 Å². The van der Waals surface area contributed by atoms with Gasteiger partial charge in [0.15, 0.2) is 0 Å². The number of nitrogens with zero attached hydrogens (tertiary/aromatic N) is 3. The molecule has 0 spiro atoms. The molecule has 0 aliphatic rings. The van der Waals surface area contributed by atoms with Gasteiger partial charge in [0.05, 0.1) is 17.4 Å². The smallest absolute Gasteiger partial charge is 0.103 e. The van der Waals surface area contributed by atoms with Crippen LogP contribution in [0.5, 0.6) is 0 Å². The molecule has 1 aromatic heterocycles. The van der Waals surface area contributed by atoms with Crippen molar-refractivity contribution >= 4 is 0 Å². The highest BCUT2D eigenvalue weighted by Crippen LogP contribution is 2.22. The molecular formula is C16H24N4. The summed E-state index contributed by atoms with van der Waals surface area (Å²) < 4.78 is 1.97. The van der Waals surface area contributed by atoms with Gasteiger partial charge in [0.25, 0.3) is 0 Å². The lowest BCUT2D eigenvalue weighted by molar-refractivity contribution is 0.555. The van der Waals surface area contributed by atoms with E-state index in [0.29, 0.717) is 0 Å². The number of hydrogen-bond acceptors (Lipinski definition) is 3. The molecule has 4 nitrogen and oxygen atoms in total. The first-order valence-electron chi connectivity index (χ1n) is 7.31. The summed E-state index contributed by atoms with van der Waals surface area (Å²) in [4.78, 5) is 0. The Hall–Kier alpha value is -1.68. The number of rotatable bonds is 5. The zero-order chi connectivity index (χ0) is 14.7. The standard InChI is InChI=1S/C16H24N4/c1-6-14(17-5)16-15(7-2)20(19-18-16)13-9-8-11(3)12(4)10-13/h8-10,14,17H,6-7H2,1-5H3. The maximum Gasteiger partial charge on any atom is 0.103 e. The summed E-state index contributed by atoms with van der Waals surface area (Å²) in [5.41, 5.74) is 5.93. The van der Waals surface area contributed by atoms with E-state index in [1.165, 1.54) is 16.8 Å². The predicted molar refractivity (Wildman–Crippen MR) is 82.3 cm³/mol. The topological polar surface area (TPSA) is 42.7 Å². The van der Waals surface area contributed by atoms with Crippen molar-refractivity contribution < 1.29 is 0 Å². The second-order valence-electron chi connectivity index (χ2n) is 5.20. The van der Waals surface area contributed by atoms with Crippen LogP contribution in [0.2, 0.25) is 0 Å². The monoisotopic (exact) mass is 272 g/mol. The average Bonchev–Trinajstić information content (AvgIpc) is 2.87. The zero-order valence-corrected chi connectivity index (χ0v) is 13.1. The third-order valence-electron chi connectivity index (χ3n) is 3.95. The summed E-state index contributed by atoms with van der Waals surface area (Å²) in [5, 5.41) is 12.1. The van der Waals surface area contributed by atoms with Crippen LogP contribution in [0, 0.1) is 13.8 Å². The summed E-state index contributed by atoms with van der Waals surface area (Å²) in [6.07, 6.45) is 1.93. The molecule has 0 aliphatic heterocycles. The van der Waals surface area contributed by atoms with Gasteiger partial charge in [-0.2, -0.15) is 0 Å². The molecule has 1 atom stereocenters. The first-order valence-corrected chi connectivity index (χ1v) is 7.31. The second kappa shape index (κ2) is 6.18. The summed E-state index contributed by atoms with van der Waals surface area (Å²) in [5.74, 6) is 0. The van der Waals surface area contributed by atoms with E-state index in [2.05, 4.69) is 61.5 Å². The second-order valence-corrected chi connectivity index (χ2v) is 5.20. The van der Waals surface area contributed by atoms with E-state index in [9.17, 15) is 0 Å². The summed E-state index contributed by atoms with van der Waals surface area (Å²) in [6, 6.07) is 6.69. The van der Waals surface area contributed by atoms with Crippen molar-refractivity contribution in [3.8, 4) is 5.69 Å². The maximum absolute atomic E-state index is 4.41. The predicted octanol–water partition coefficient (Wildman–Crippen LogP) is 3.12. The molecule has 1 unspecified atom stereocenters. The molecule has 0 aliphatic carbocycles. The minimum Gasteiger partial charge on any atom is -0.312 e. The van der Waals surface area contributed by atoms with Crippen molar-refractivity contribution in [3.05, 3.63) is 40.7 Å². The average molecular weight is 272 g/mol. The van der Waals surface area contributed by atoms with Gasteiger partial charge in [0.2, 0.25) is 0 Å². The van der Waals surface area contributed by atoms with Crippen molar-refractivity contribution in [2.24, 2.45) is 0 Å². The van der Waals surface area contributed by atoms with Gasteiger partial charge in [0, 0.05) is 0 Å². The molecule has 0 saturated carbocycles. The van der Waals surface area contributed by atoms with Gasteiger partial charge in [-0.1, -0.05) is 25.1 Å². The molecular weight excluding hydrogens is 248 g/mol. The van der Waals surface area contributed by atoms with E-state index in [1.54, 1.807) is 0 Å². The van der Waals surface area contributed by atoms with Gasteiger partial charge >= 0.3 is 0 Å². The van der Waals surface area contributed by atoms with Gasteiger partial charge in [0.1, 0.15) is 5.69 Å². The first-order chi connectivity index (χ1) is 9.62. The Labute approximate surface area is 121 Å². The SMILES string of the molecule is CCc1c(C(CC)NC)nnn1-c1ccc(C)c(C)c1. The number of aryl methyl sites for hydroxylation is 2. The van der Waals surface area contributed by atoms with E-state index >= 15 is 0 Å². The van der Waals surface area contributed by atoms with Crippen molar-refractivity contribution in [1.82, 2.24) is 20.3 Å². The molecule has 1 N–H and O–H groups in total. The van der Waals surface area contributed by atoms with E-state index in [0.717, 1.165) is 24.2 Å². The normalized spacial score (nSPS) is 12.7. The van der Waals surface area contributed by atoms with Gasteiger partial charge in [-0.3, -0.25) is 0 Å². The molecule has 0 saturated heterocycles. The minimum absolute atomic E-state index is 0.269. The number of benzene rings is 1. The Balaban J connectivity index is 2.49. The van der Waals surface area contributed by atoms with Gasteiger partial charge < -0.3 is 5.32 Å². The highest BCUT2D eigenvalue weighted by Gasteiger charge is 2.19. The molecule has 4 heteroatoms. The number of nitrogens with one attached hydrogen (secondary N) is 1. The van der Waals surface area contributed by atoms with Crippen LogP contribution in [0.15, 0.2) is 18.2 Å². The molecule has 0 radical (unpaired) electrons. The molecule has 2 rings (SSSR count). The minimum atomic E-state index is 0.269. The van der Waals surface area contributed by atoms with Crippen LogP contribution in [-0.2, 0) is 6.42 Å². The third kappa shape index (κ3) is 2.61. The van der Waals surface area contributed by atoms with Crippen molar-refractivity contribution in [3.63, 3.8) is 0 Å². The fraction of sp³-hybridized carbons (Fsp3) is 0.500. The van der Waals surface area contributed by atoms with Crippen LogP contribution in [0.1, 0.15) is 48.8 Å². The number of aromatic nitrogens is 3. The van der Waals surface area contributed by atoms with Gasteiger partial charge in [-0.05, 0) is 57.0 Å². The maximum atomic E-state index is 4.41. The summed E-state index contributed by atoms with van der Waals surface area (Å²) in [6.45, 7) is 8.57. The van der Waals surface area contributed by atoms with Crippen LogP contribution in [-0.4, -0.2) is 22.0 Å². The summed E-state index contributed by atoms with van der Waals surface area (Å²) in [7, 11) is 1.97. The Kier molecular flexibility index (Phi) is 4.55. The van der Waals surface area contributed by atoms with Crippen LogP contribution in [0.3, 0.4) is 0 Å². The summed E-state index contributed by atoms with van der Waals surface area (Å²) >= 11 is 0. The number of hydrogen-bond donors (Lipinski definition) is 1. The molecule has 108 valence electrons. The van der Waals surface area contributed by atoms with Crippen LogP contribution in [0.25, 0.3) is 5.69 Å². The lowest BCUT2D eigenvalue weighted by Gasteiger charge is -2.13. The molecule has 1 aromatic carbocycles. The fourth-order valence-electron chi connectivity index (χ4n) is 2.51. The molecule has 1 heterocycles. The van der Waals surface area contributed by atoms with Crippen LogP contribution < -0.4 is 5.32 Å². The lowest BCUT2D eigenvalue weighted by atomic mass is 10.1. The Morgan fingerprint density at radius 1 is 1.20 bits per heavy atom.